The van der Waals surface area contributed by atoms with Crippen molar-refractivity contribution in [3.63, 3.8) is 0 Å². The Hall–Kier alpha value is -1.55. The van der Waals surface area contributed by atoms with Crippen LogP contribution in [-0.2, 0) is 6.42 Å². The zero-order valence-corrected chi connectivity index (χ0v) is 13.0. The molecule has 4 nitrogen and oxygen atoms in total. The van der Waals surface area contributed by atoms with Crippen molar-refractivity contribution in [2.75, 3.05) is 19.6 Å². The molecular formula is C17H27N3O. The van der Waals surface area contributed by atoms with Crippen molar-refractivity contribution >= 4 is 5.84 Å². The Labute approximate surface area is 127 Å². The molecule has 1 aromatic carbocycles. The van der Waals surface area contributed by atoms with Crippen LogP contribution in [0.2, 0.25) is 0 Å². The summed E-state index contributed by atoms with van der Waals surface area (Å²) < 4.78 is 0. The minimum atomic E-state index is -0.130. The molecule has 0 spiro atoms. The number of piperidine rings is 1. The van der Waals surface area contributed by atoms with Gasteiger partial charge in [-0.2, -0.15) is 0 Å². The predicted octanol–water partition coefficient (Wildman–Crippen LogP) is 2.86. The SMILES string of the molecule is CC1(/C(N)=N/O)CCN(CCCCc2ccccc2)CC1. The highest BCUT2D eigenvalue weighted by atomic mass is 16.4. The molecule has 1 aromatic rings. The van der Waals surface area contributed by atoms with Crippen LogP contribution < -0.4 is 5.73 Å². The zero-order valence-electron chi connectivity index (χ0n) is 13.0. The normalized spacial score (nSPS) is 19.6. The summed E-state index contributed by atoms with van der Waals surface area (Å²) in [5.74, 6) is 0.381. The molecule has 116 valence electrons. The third-order valence-electron chi connectivity index (χ3n) is 4.72. The summed E-state index contributed by atoms with van der Waals surface area (Å²) in [6.07, 6.45) is 5.58. The predicted molar refractivity (Wildman–Crippen MR) is 86.6 cm³/mol. The molecule has 1 aliphatic rings. The number of benzene rings is 1. The van der Waals surface area contributed by atoms with Crippen LogP contribution in [0, 0.1) is 5.41 Å². The number of hydrogen-bond acceptors (Lipinski definition) is 3. The van der Waals surface area contributed by atoms with Gasteiger partial charge in [0.1, 0.15) is 5.84 Å². The Kier molecular flexibility index (Phi) is 5.62. The van der Waals surface area contributed by atoms with Crippen molar-refractivity contribution in [1.29, 1.82) is 0 Å². The Morgan fingerprint density at radius 2 is 1.90 bits per heavy atom. The van der Waals surface area contributed by atoms with Crippen LogP contribution in [0.25, 0.3) is 0 Å². The Bertz CT molecular complexity index is 450. The molecule has 0 amide bonds. The summed E-state index contributed by atoms with van der Waals surface area (Å²) in [6, 6.07) is 10.7. The summed E-state index contributed by atoms with van der Waals surface area (Å²) in [5.41, 5.74) is 7.09. The van der Waals surface area contributed by atoms with Gasteiger partial charge in [-0.25, -0.2) is 0 Å². The minimum absolute atomic E-state index is 0.130. The molecule has 0 radical (unpaired) electrons. The van der Waals surface area contributed by atoms with E-state index in [1.807, 2.05) is 0 Å². The molecule has 0 atom stereocenters. The second-order valence-electron chi connectivity index (χ2n) is 6.33. The molecule has 4 heteroatoms. The smallest absolute Gasteiger partial charge is 0.145 e. The van der Waals surface area contributed by atoms with Gasteiger partial charge in [0, 0.05) is 5.41 Å². The molecular weight excluding hydrogens is 262 g/mol. The molecule has 21 heavy (non-hydrogen) atoms. The molecule has 1 saturated heterocycles. The number of rotatable bonds is 6. The van der Waals surface area contributed by atoms with E-state index in [1.165, 1.54) is 18.4 Å². The van der Waals surface area contributed by atoms with Gasteiger partial charge in [-0.3, -0.25) is 0 Å². The second-order valence-corrected chi connectivity index (χ2v) is 6.33. The van der Waals surface area contributed by atoms with Gasteiger partial charge in [0.15, 0.2) is 0 Å². The number of likely N-dealkylation sites (tertiary alicyclic amines) is 1. The summed E-state index contributed by atoms with van der Waals surface area (Å²) >= 11 is 0. The summed E-state index contributed by atoms with van der Waals surface area (Å²) in [7, 11) is 0. The van der Waals surface area contributed by atoms with Crippen LogP contribution >= 0.6 is 0 Å². The first-order chi connectivity index (χ1) is 10.1. The lowest BCUT2D eigenvalue weighted by molar-refractivity contribution is 0.157. The van der Waals surface area contributed by atoms with E-state index in [9.17, 15) is 0 Å². The Morgan fingerprint density at radius 3 is 2.52 bits per heavy atom. The molecule has 3 N–H and O–H groups in total. The fraction of sp³-hybridized carbons (Fsp3) is 0.588. The highest BCUT2D eigenvalue weighted by Gasteiger charge is 2.33. The monoisotopic (exact) mass is 289 g/mol. The Morgan fingerprint density at radius 1 is 1.24 bits per heavy atom. The molecule has 1 heterocycles. The van der Waals surface area contributed by atoms with Gasteiger partial charge in [-0.1, -0.05) is 42.4 Å². The topological polar surface area (TPSA) is 61.9 Å². The van der Waals surface area contributed by atoms with Crippen LogP contribution in [0.1, 0.15) is 38.2 Å². The van der Waals surface area contributed by atoms with Crippen LogP contribution in [0.4, 0.5) is 0 Å². The lowest BCUT2D eigenvalue weighted by atomic mass is 9.79. The minimum Gasteiger partial charge on any atom is -0.409 e. The van der Waals surface area contributed by atoms with E-state index in [0.717, 1.165) is 38.9 Å². The Balaban J connectivity index is 1.65. The maximum atomic E-state index is 8.85. The molecule has 0 unspecified atom stereocenters. The maximum Gasteiger partial charge on any atom is 0.145 e. The number of aryl methyl sites for hydroxylation is 1. The van der Waals surface area contributed by atoms with Gasteiger partial charge in [0.2, 0.25) is 0 Å². The third-order valence-corrected chi connectivity index (χ3v) is 4.72. The van der Waals surface area contributed by atoms with Gasteiger partial charge in [-0.05, 0) is 57.3 Å². The second kappa shape index (κ2) is 7.46. The average Bonchev–Trinajstić information content (AvgIpc) is 2.53. The summed E-state index contributed by atoms with van der Waals surface area (Å²) in [4.78, 5) is 2.50. The van der Waals surface area contributed by atoms with E-state index in [4.69, 9.17) is 10.9 Å². The van der Waals surface area contributed by atoms with Crippen LogP contribution in [0.15, 0.2) is 35.5 Å². The van der Waals surface area contributed by atoms with E-state index in [2.05, 4.69) is 47.3 Å². The molecule has 0 aliphatic carbocycles. The lowest BCUT2D eigenvalue weighted by Gasteiger charge is -2.38. The van der Waals surface area contributed by atoms with E-state index in [1.54, 1.807) is 0 Å². The van der Waals surface area contributed by atoms with Gasteiger partial charge >= 0.3 is 0 Å². The van der Waals surface area contributed by atoms with Gasteiger partial charge in [0.25, 0.3) is 0 Å². The van der Waals surface area contributed by atoms with E-state index in [0.29, 0.717) is 5.84 Å². The summed E-state index contributed by atoms with van der Waals surface area (Å²) in [5, 5.41) is 12.0. The fourth-order valence-electron chi connectivity index (χ4n) is 2.96. The third kappa shape index (κ3) is 4.46. The van der Waals surface area contributed by atoms with Crippen LogP contribution in [-0.4, -0.2) is 35.6 Å². The fourth-order valence-corrected chi connectivity index (χ4v) is 2.96. The van der Waals surface area contributed by atoms with E-state index < -0.39 is 0 Å². The molecule has 0 aromatic heterocycles. The number of hydrogen-bond donors (Lipinski definition) is 2. The van der Waals surface area contributed by atoms with Crippen molar-refractivity contribution < 1.29 is 5.21 Å². The average molecular weight is 289 g/mol. The number of oxime groups is 1. The van der Waals surface area contributed by atoms with Gasteiger partial charge in [-0.15, -0.1) is 0 Å². The van der Waals surface area contributed by atoms with Crippen LogP contribution in [0.5, 0.6) is 0 Å². The number of unbranched alkanes of at least 4 members (excludes halogenated alkanes) is 1. The van der Waals surface area contributed by atoms with Gasteiger partial charge in [0.05, 0.1) is 0 Å². The van der Waals surface area contributed by atoms with Crippen molar-refractivity contribution in [3.8, 4) is 0 Å². The quantitative estimate of drug-likeness (QED) is 0.278. The number of nitrogens with two attached hydrogens (primary N) is 1. The number of nitrogens with zero attached hydrogens (tertiary/aromatic N) is 2. The van der Waals surface area contributed by atoms with E-state index >= 15 is 0 Å². The van der Waals surface area contributed by atoms with Crippen molar-refractivity contribution in [2.24, 2.45) is 16.3 Å². The molecule has 2 rings (SSSR count). The maximum absolute atomic E-state index is 8.85. The lowest BCUT2D eigenvalue weighted by Crippen LogP contribution is -2.45. The van der Waals surface area contributed by atoms with E-state index in [-0.39, 0.29) is 5.41 Å². The summed E-state index contributed by atoms with van der Waals surface area (Å²) in [6.45, 7) is 5.32. The highest BCUT2D eigenvalue weighted by Crippen LogP contribution is 2.31. The molecule has 0 bridgehead atoms. The zero-order chi connectivity index (χ0) is 15.1. The van der Waals surface area contributed by atoms with Gasteiger partial charge < -0.3 is 15.8 Å². The van der Waals surface area contributed by atoms with Crippen molar-refractivity contribution in [3.05, 3.63) is 35.9 Å². The molecule has 1 fully saturated rings. The number of amidine groups is 1. The first-order valence-electron chi connectivity index (χ1n) is 7.88. The van der Waals surface area contributed by atoms with Crippen molar-refractivity contribution in [2.45, 2.75) is 39.0 Å². The standard InChI is InChI=1S/C17H27N3O/c1-17(16(18)19-21)10-13-20(14-11-17)12-6-5-9-15-7-3-2-4-8-15/h2-4,7-8,21H,5-6,9-14H2,1H3,(H2,18,19). The van der Waals surface area contributed by atoms with Crippen LogP contribution in [0.3, 0.4) is 0 Å². The molecule has 0 saturated carbocycles. The first kappa shape index (κ1) is 15.8. The molecule has 1 aliphatic heterocycles. The first-order valence-corrected chi connectivity index (χ1v) is 7.88. The highest BCUT2D eigenvalue weighted by molar-refractivity contribution is 5.85. The largest absolute Gasteiger partial charge is 0.409 e. The van der Waals surface area contributed by atoms with Crippen molar-refractivity contribution in [1.82, 2.24) is 4.90 Å².